The summed E-state index contributed by atoms with van der Waals surface area (Å²) in [5, 5.41) is 9.00. The van der Waals surface area contributed by atoms with E-state index in [1.165, 1.54) is 0 Å². The molecule has 0 bridgehead atoms. The Balaban J connectivity index is 1.81. The summed E-state index contributed by atoms with van der Waals surface area (Å²) in [5.41, 5.74) is 1.43. The first kappa shape index (κ1) is 25.3. The van der Waals surface area contributed by atoms with E-state index in [0.717, 1.165) is 6.54 Å². The van der Waals surface area contributed by atoms with Gasteiger partial charge < -0.3 is 35.1 Å². The van der Waals surface area contributed by atoms with Gasteiger partial charge in [0.05, 0.1) is 18.8 Å². The summed E-state index contributed by atoms with van der Waals surface area (Å²) >= 11 is 0. The maximum Gasteiger partial charge on any atom is 0.323 e. The highest BCUT2D eigenvalue weighted by molar-refractivity contribution is 6.02. The minimum Gasteiger partial charge on any atom is -0.497 e. The summed E-state index contributed by atoms with van der Waals surface area (Å²) in [6, 6.07) is 11.8. The second kappa shape index (κ2) is 11.7. The topological polar surface area (TPSA) is 101 Å². The summed E-state index contributed by atoms with van der Waals surface area (Å²) in [5.74, 6) is 1.10. The highest BCUT2D eigenvalue weighted by atomic mass is 16.5. The Hall–Kier alpha value is -3.30. The Morgan fingerprint density at radius 2 is 1.85 bits per heavy atom. The van der Waals surface area contributed by atoms with Crippen LogP contribution in [-0.2, 0) is 4.74 Å². The molecule has 3 N–H and O–H groups in total. The van der Waals surface area contributed by atoms with Gasteiger partial charge in [-0.25, -0.2) is 4.79 Å². The molecule has 0 saturated heterocycles. The quantitative estimate of drug-likeness (QED) is 0.633. The third-order valence-electron chi connectivity index (χ3n) is 5.81. The van der Waals surface area contributed by atoms with Crippen molar-refractivity contribution in [1.29, 1.82) is 0 Å². The van der Waals surface area contributed by atoms with Crippen LogP contribution in [0.5, 0.6) is 11.5 Å². The van der Waals surface area contributed by atoms with E-state index in [-0.39, 0.29) is 24.0 Å². The van der Waals surface area contributed by atoms with Crippen LogP contribution < -0.4 is 25.4 Å². The van der Waals surface area contributed by atoms with E-state index < -0.39 is 6.03 Å². The van der Waals surface area contributed by atoms with Crippen LogP contribution in [0, 0.1) is 5.92 Å². The molecule has 9 nitrogen and oxygen atoms in total. The largest absolute Gasteiger partial charge is 0.497 e. The van der Waals surface area contributed by atoms with Crippen LogP contribution in [0.4, 0.5) is 16.2 Å². The van der Waals surface area contributed by atoms with Crippen LogP contribution in [0.25, 0.3) is 0 Å². The van der Waals surface area contributed by atoms with Gasteiger partial charge in [-0.1, -0.05) is 13.0 Å². The van der Waals surface area contributed by atoms with Crippen molar-refractivity contribution in [2.24, 2.45) is 5.92 Å². The third-order valence-corrected chi connectivity index (χ3v) is 5.81. The standard InChI is InChI=1S/C25H34N4O5/c1-16-13-26-17(2)15-34-22-10-9-19(12-21(22)24(30)29(3)14-23(16)33-5)28-25(31)27-18-7-6-8-20(11-18)32-4/h6-12,16-17,23,26H,13-15H2,1-5H3,(H2,27,28,31)/t16-,17-,23-/m0/s1. The molecule has 2 aromatic rings. The Morgan fingerprint density at radius 1 is 1.12 bits per heavy atom. The fraction of sp³-hybridized carbons (Fsp3) is 0.440. The predicted molar refractivity (Wildman–Crippen MR) is 132 cm³/mol. The van der Waals surface area contributed by atoms with Crippen LogP contribution in [0.3, 0.4) is 0 Å². The van der Waals surface area contributed by atoms with Gasteiger partial charge in [-0.05, 0) is 43.2 Å². The molecule has 34 heavy (non-hydrogen) atoms. The number of urea groups is 1. The first-order chi connectivity index (χ1) is 16.3. The number of amides is 3. The molecule has 184 valence electrons. The van der Waals surface area contributed by atoms with E-state index in [0.29, 0.717) is 41.6 Å². The summed E-state index contributed by atoms with van der Waals surface area (Å²) in [6.07, 6.45) is -0.118. The number of hydrogen-bond donors (Lipinski definition) is 3. The van der Waals surface area contributed by atoms with E-state index >= 15 is 0 Å². The van der Waals surface area contributed by atoms with Gasteiger partial charge in [0.2, 0.25) is 0 Å². The lowest BCUT2D eigenvalue weighted by molar-refractivity contribution is 0.0281. The van der Waals surface area contributed by atoms with Crippen molar-refractivity contribution in [3.05, 3.63) is 48.0 Å². The average molecular weight is 471 g/mol. The van der Waals surface area contributed by atoms with E-state index in [4.69, 9.17) is 14.2 Å². The van der Waals surface area contributed by atoms with Crippen LogP contribution in [0.2, 0.25) is 0 Å². The fourth-order valence-electron chi connectivity index (χ4n) is 3.73. The van der Waals surface area contributed by atoms with Gasteiger partial charge >= 0.3 is 6.03 Å². The zero-order valence-electron chi connectivity index (χ0n) is 20.4. The minimum absolute atomic E-state index is 0.0894. The molecule has 0 saturated carbocycles. The van der Waals surface area contributed by atoms with E-state index in [1.54, 1.807) is 68.6 Å². The summed E-state index contributed by atoms with van der Waals surface area (Å²) in [6.45, 7) is 5.71. The van der Waals surface area contributed by atoms with Crippen LogP contribution in [0.15, 0.2) is 42.5 Å². The second-order valence-corrected chi connectivity index (χ2v) is 8.58. The molecular formula is C25H34N4O5. The van der Waals surface area contributed by atoms with Crippen molar-refractivity contribution >= 4 is 23.3 Å². The van der Waals surface area contributed by atoms with Gasteiger partial charge in [0.1, 0.15) is 18.1 Å². The molecule has 0 spiro atoms. The SMILES string of the molecule is COc1cccc(NC(=O)Nc2ccc3c(c2)C(=O)N(C)C[C@H](OC)[C@@H](C)CN[C@@H](C)CO3)c1. The maximum atomic E-state index is 13.3. The molecule has 2 aromatic carbocycles. The molecule has 1 aliphatic heterocycles. The normalized spacial score (nSPS) is 21.4. The molecule has 0 aromatic heterocycles. The van der Waals surface area contributed by atoms with Gasteiger partial charge in [-0.2, -0.15) is 0 Å². The number of benzene rings is 2. The number of likely N-dealkylation sites (N-methyl/N-ethyl adjacent to an activating group) is 1. The molecule has 1 aliphatic rings. The zero-order valence-corrected chi connectivity index (χ0v) is 20.4. The highest BCUT2D eigenvalue weighted by Crippen LogP contribution is 2.26. The number of anilines is 2. The Bertz CT molecular complexity index is 999. The number of carbonyl (C=O) groups is 2. The lowest BCUT2D eigenvalue weighted by Crippen LogP contribution is -2.44. The van der Waals surface area contributed by atoms with Gasteiger partial charge in [-0.3, -0.25) is 4.79 Å². The summed E-state index contributed by atoms with van der Waals surface area (Å²) < 4.78 is 16.8. The van der Waals surface area contributed by atoms with Crippen molar-refractivity contribution in [3.8, 4) is 11.5 Å². The summed E-state index contributed by atoms with van der Waals surface area (Å²) in [4.78, 5) is 27.5. The lowest BCUT2D eigenvalue weighted by Gasteiger charge is -2.30. The molecule has 0 fully saturated rings. The highest BCUT2D eigenvalue weighted by Gasteiger charge is 2.25. The van der Waals surface area contributed by atoms with E-state index in [1.807, 2.05) is 6.92 Å². The monoisotopic (exact) mass is 470 g/mol. The van der Waals surface area contributed by atoms with Crippen LogP contribution >= 0.6 is 0 Å². The number of rotatable bonds is 4. The van der Waals surface area contributed by atoms with Gasteiger partial charge in [0.15, 0.2) is 0 Å². The van der Waals surface area contributed by atoms with Gasteiger partial charge in [0.25, 0.3) is 5.91 Å². The minimum atomic E-state index is -0.436. The zero-order chi connectivity index (χ0) is 24.7. The van der Waals surface area contributed by atoms with Crippen molar-refractivity contribution in [1.82, 2.24) is 10.2 Å². The first-order valence-electron chi connectivity index (χ1n) is 11.3. The number of hydrogen-bond acceptors (Lipinski definition) is 6. The molecule has 3 rings (SSSR count). The Kier molecular flexibility index (Phi) is 8.72. The molecule has 0 radical (unpaired) electrons. The fourth-order valence-corrected chi connectivity index (χ4v) is 3.73. The van der Waals surface area contributed by atoms with E-state index in [2.05, 4.69) is 22.9 Å². The molecule has 1 heterocycles. The number of nitrogens with zero attached hydrogens (tertiary/aromatic N) is 1. The number of nitrogens with one attached hydrogen (secondary N) is 3. The molecular weight excluding hydrogens is 436 g/mol. The number of ether oxygens (including phenoxy) is 3. The number of carbonyl (C=O) groups excluding carboxylic acids is 2. The molecule has 3 amide bonds. The average Bonchev–Trinajstić information content (AvgIpc) is 2.83. The lowest BCUT2D eigenvalue weighted by atomic mass is 10.0. The van der Waals surface area contributed by atoms with Crippen molar-refractivity contribution in [2.75, 3.05) is 51.6 Å². The molecule has 0 aliphatic carbocycles. The van der Waals surface area contributed by atoms with Crippen molar-refractivity contribution < 1.29 is 23.8 Å². The van der Waals surface area contributed by atoms with Crippen LogP contribution in [-0.4, -0.2) is 69.9 Å². The summed E-state index contributed by atoms with van der Waals surface area (Å²) in [7, 11) is 4.96. The van der Waals surface area contributed by atoms with Crippen molar-refractivity contribution in [3.63, 3.8) is 0 Å². The molecule has 3 atom stereocenters. The van der Waals surface area contributed by atoms with Crippen molar-refractivity contribution in [2.45, 2.75) is 26.0 Å². The first-order valence-corrected chi connectivity index (χ1v) is 11.3. The number of fused-ring (bicyclic) bond motifs is 1. The Labute approximate surface area is 200 Å². The van der Waals surface area contributed by atoms with Crippen LogP contribution in [0.1, 0.15) is 24.2 Å². The predicted octanol–water partition coefficient (Wildman–Crippen LogP) is 3.43. The molecule has 0 unspecified atom stereocenters. The number of methoxy groups -OCH3 is 2. The Morgan fingerprint density at radius 3 is 2.56 bits per heavy atom. The van der Waals surface area contributed by atoms with Gasteiger partial charge in [-0.15, -0.1) is 0 Å². The smallest absolute Gasteiger partial charge is 0.323 e. The molecule has 9 heteroatoms. The van der Waals surface area contributed by atoms with E-state index in [9.17, 15) is 9.59 Å². The third kappa shape index (κ3) is 6.61. The van der Waals surface area contributed by atoms with Gasteiger partial charge in [0, 0.05) is 50.7 Å². The second-order valence-electron chi connectivity index (χ2n) is 8.58. The maximum absolute atomic E-state index is 13.3.